The normalized spacial score (nSPS) is 18.1. The minimum absolute atomic E-state index is 0.185. The molecule has 1 aliphatic rings. The van der Waals surface area contributed by atoms with Crippen molar-refractivity contribution in [1.29, 1.82) is 0 Å². The summed E-state index contributed by atoms with van der Waals surface area (Å²) in [7, 11) is 0. The molecular formula is C20H19NO3. The van der Waals surface area contributed by atoms with E-state index in [4.69, 9.17) is 4.74 Å². The second-order valence-electron chi connectivity index (χ2n) is 5.70. The molecule has 1 fully saturated rings. The van der Waals surface area contributed by atoms with Crippen LogP contribution in [-0.2, 0) is 9.53 Å². The van der Waals surface area contributed by atoms with Gasteiger partial charge in [-0.25, -0.2) is 9.69 Å². The van der Waals surface area contributed by atoms with Crippen LogP contribution < -0.4 is 0 Å². The van der Waals surface area contributed by atoms with E-state index in [1.165, 1.54) is 4.90 Å². The maximum atomic E-state index is 13.1. The first-order valence-corrected chi connectivity index (χ1v) is 7.93. The van der Waals surface area contributed by atoms with Gasteiger partial charge in [0.2, 0.25) is 5.91 Å². The molecule has 1 saturated heterocycles. The van der Waals surface area contributed by atoms with E-state index in [2.05, 4.69) is 6.58 Å². The molecule has 4 nitrogen and oxygen atoms in total. The molecule has 2 amide bonds. The lowest BCUT2D eigenvalue weighted by Gasteiger charge is -2.24. The van der Waals surface area contributed by atoms with E-state index < -0.39 is 12.0 Å². The van der Waals surface area contributed by atoms with Gasteiger partial charge in [-0.15, -0.1) is 6.58 Å². The highest BCUT2D eigenvalue weighted by Crippen LogP contribution is 2.32. The largest absolute Gasteiger partial charge is 0.446 e. The Bertz CT molecular complexity index is 727. The SMILES string of the molecule is C=CC[C@@H](C(=O)N1C(=O)OC[C@H]1c1ccccc1)c1ccccc1. The highest BCUT2D eigenvalue weighted by atomic mass is 16.6. The molecule has 1 heterocycles. The first kappa shape index (κ1) is 16.0. The minimum atomic E-state index is -0.584. The summed E-state index contributed by atoms with van der Waals surface area (Å²) in [5, 5.41) is 0. The topological polar surface area (TPSA) is 46.6 Å². The minimum Gasteiger partial charge on any atom is -0.446 e. The Morgan fingerprint density at radius 2 is 1.79 bits per heavy atom. The number of amides is 2. The van der Waals surface area contributed by atoms with Crippen LogP contribution in [0.15, 0.2) is 73.3 Å². The van der Waals surface area contributed by atoms with Gasteiger partial charge in [0, 0.05) is 0 Å². The van der Waals surface area contributed by atoms with Crippen LogP contribution in [0.25, 0.3) is 0 Å². The lowest BCUT2D eigenvalue weighted by atomic mass is 9.93. The average Bonchev–Trinajstić information content (AvgIpc) is 3.02. The van der Waals surface area contributed by atoms with Crippen LogP contribution in [0.4, 0.5) is 4.79 Å². The number of rotatable bonds is 5. The van der Waals surface area contributed by atoms with Crippen molar-refractivity contribution in [2.24, 2.45) is 0 Å². The number of ether oxygens (including phenoxy) is 1. The average molecular weight is 321 g/mol. The molecule has 0 saturated carbocycles. The number of carbonyl (C=O) groups is 2. The summed E-state index contributed by atoms with van der Waals surface area (Å²) < 4.78 is 5.16. The van der Waals surface area contributed by atoms with E-state index >= 15 is 0 Å². The molecule has 0 radical (unpaired) electrons. The maximum Gasteiger partial charge on any atom is 0.417 e. The summed E-state index contributed by atoms with van der Waals surface area (Å²) in [6.07, 6.45) is 1.58. The molecular weight excluding hydrogens is 302 g/mol. The number of nitrogens with zero attached hydrogens (tertiary/aromatic N) is 1. The van der Waals surface area contributed by atoms with E-state index in [1.54, 1.807) is 6.08 Å². The van der Waals surface area contributed by atoms with Gasteiger partial charge in [-0.1, -0.05) is 66.7 Å². The van der Waals surface area contributed by atoms with Gasteiger partial charge in [0.15, 0.2) is 0 Å². The number of carbonyl (C=O) groups excluding carboxylic acids is 2. The van der Waals surface area contributed by atoms with Crippen LogP contribution in [0, 0.1) is 0 Å². The standard InChI is InChI=1S/C20H19NO3/c1-2-9-17(15-10-5-3-6-11-15)19(22)21-18(14-24-20(21)23)16-12-7-4-8-13-16/h2-8,10-13,17-18H,1,9,14H2/t17-,18+/m1/s1. The van der Waals surface area contributed by atoms with Crippen molar-refractivity contribution in [3.63, 3.8) is 0 Å². The Hall–Kier alpha value is -2.88. The fraction of sp³-hybridized carbons (Fsp3) is 0.200. The van der Waals surface area contributed by atoms with Crippen LogP contribution in [0.1, 0.15) is 29.5 Å². The number of imide groups is 1. The van der Waals surface area contributed by atoms with Crippen molar-refractivity contribution in [2.45, 2.75) is 18.4 Å². The molecule has 1 aliphatic heterocycles. The van der Waals surface area contributed by atoms with Crippen molar-refractivity contribution >= 4 is 12.0 Å². The number of benzene rings is 2. The van der Waals surface area contributed by atoms with Crippen molar-refractivity contribution in [3.8, 4) is 0 Å². The Kier molecular flexibility index (Phi) is 4.75. The summed E-state index contributed by atoms with van der Waals surface area (Å²) in [6.45, 7) is 3.93. The lowest BCUT2D eigenvalue weighted by molar-refractivity contribution is -0.130. The molecule has 0 unspecified atom stereocenters. The molecule has 0 spiro atoms. The number of allylic oxidation sites excluding steroid dienone is 1. The van der Waals surface area contributed by atoms with E-state index in [9.17, 15) is 9.59 Å². The van der Waals surface area contributed by atoms with Gasteiger partial charge in [-0.2, -0.15) is 0 Å². The Morgan fingerprint density at radius 3 is 2.42 bits per heavy atom. The smallest absolute Gasteiger partial charge is 0.417 e. The van der Waals surface area contributed by atoms with Gasteiger partial charge in [-0.05, 0) is 17.5 Å². The molecule has 122 valence electrons. The summed E-state index contributed by atoms with van der Waals surface area (Å²) >= 11 is 0. The second kappa shape index (κ2) is 7.13. The zero-order valence-electron chi connectivity index (χ0n) is 13.3. The molecule has 0 bridgehead atoms. The molecule has 0 N–H and O–H groups in total. The van der Waals surface area contributed by atoms with Gasteiger partial charge >= 0.3 is 6.09 Å². The van der Waals surface area contributed by atoms with Gasteiger partial charge in [0.1, 0.15) is 12.6 Å². The first-order chi connectivity index (χ1) is 11.7. The van der Waals surface area contributed by atoms with Crippen molar-refractivity contribution in [1.82, 2.24) is 4.90 Å². The summed E-state index contributed by atoms with van der Waals surface area (Å²) in [6, 6.07) is 18.5. The van der Waals surface area contributed by atoms with E-state index in [0.29, 0.717) is 6.42 Å². The van der Waals surface area contributed by atoms with Crippen LogP contribution in [0.3, 0.4) is 0 Å². The van der Waals surface area contributed by atoms with Crippen molar-refractivity contribution in [3.05, 3.63) is 84.4 Å². The van der Waals surface area contributed by atoms with Gasteiger partial charge in [0.25, 0.3) is 0 Å². The van der Waals surface area contributed by atoms with Gasteiger partial charge in [-0.3, -0.25) is 4.79 Å². The molecule has 0 aromatic heterocycles. The summed E-state index contributed by atoms with van der Waals surface area (Å²) in [5.41, 5.74) is 1.76. The number of hydrogen-bond acceptors (Lipinski definition) is 3. The van der Waals surface area contributed by atoms with Crippen LogP contribution in [0.2, 0.25) is 0 Å². The monoisotopic (exact) mass is 321 g/mol. The fourth-order valence-electron chi connectivity index (χ4n) is 2.98. The van der Waals surface area contributed by atoms with E-state index in [-0.39, 0.29) is 18.6 Å². The lowest BCUT2D eigenvalue weighted by Crippen LogP contribution is -2.37. The first-order valence-electron chi connectivity index (χ1n) is 7.93. The van der Waals surface area contributed by atoms with Crippen LogP contribution in [0.5, 0.6) is 0 Å². The summed E-state index contributed by atoms with van der Waals surface area (Å²) in [5.74, 6) is -0.696. The quantitative estimate of drug-likeness (QED) is 0.780. The molecule has 2 aromatic rings. The Morgan fingerprint density at radius 1 is 1.17 bits per heavy atom. The number of hydrogen-bond donors (Lipinski definition) is 0. The summed E-state index contributed by atoms with van der Waals surface area (Å²) in [4.78, 5) is 26.6. The van der Waals surface area contributed by atoms with Crippen molar-refractivity contribution < 1.29 is 14.3 Å². The van der Waals surface area contributed by atoms with Gasteiger partial charge in [0.05, 0.1) is 5.92 Å². The third-order valence-electron chi connectivity index (χ3n) is 4.20. The van der Waals surface area contributed by atoms with Crippen LogP contribution in [-0.4, -0.2) is 23.5 Å². The molecule has 0 aliphatic carbocycles. The number of cyclic esters (lactones) is 1. The van der Waals surface area contributed by atoms with E-state index in [1.807, 2.05) is 60.7 Å². The van der Waals surface area contributed by atoms with Crippen molar-refractivity contribution in [2.75, 3.05) is 6.61 Å². The van der Waals surface area contributed by atoms with E-state index in [0.717, 1.165) is 11.1 Å². The third kappa shape index (κ3) is 3.08. The molecule has 4 heteroatoms. The predicted octanol–water partition coefficient (Wildman–Crippen LogP) is 4.07. The molecule has 3 rings (SSSR count). The molecule has 2 atom stereocenters. The van der Waals surface area contributed by atoms with Gasteiger partial charge < -0.3 is 4.74 Å². The maximum absolute atomic E-state index is 13.1. The molecule has 24 heavy (non-hydrogen) atoms. The van der Waals surface area contributed by atoms with Crippen LogP contribution >= 0.6 is 0 Å². The molecule has 2 aromatic carbocycles. The second-order valence-corrected chi connectivity index (χ2v) is 5.70. The predicted molar refractivity (Wildman–Crippen MR) is 91.4 cm³/mol. The zero-order chi connectivity index (χ0) is 16.9. The highest BCUT2D eigenvalue weighted by molar-refractivity contribution is 5.97. The zero-order valence-corrected chi connectivity index (χ0v) is 13.3. The highest BCUT2D eigenvalue weighted by Gasteiger charge is 2.41. The fourth-order valence-corrected chi connectivity index (χ4v) is 2.98. The Balaban J connectivity index is 1.93. The Labute approximate surface area is 141 Å². The third-order valence-corrected chi connectivity index (χ3v) is 4.20.